The van der Waals surface area contributed by atoms with Crippen molar-refractivity contribution in [3.63, 3.8) is 0 Å². The van der Waals surface area contributed by atoms with Crippen LogP contribution in [0.2, 0.25) is 0 Å². The third-order valence-corrected chi connectivity index (χ3v) is 4.92. The summed E-state index contributed by atoms with van der Waals surface area (Å²) >= 11 is 0. The fourth-order valence-electron chi connectivity index (χ4n) is 3.60. The molecule has 8 nitrogen and oxygen atoms in total. The summed E-state index contributed by atoms with van der Waals surface area (Å²) in [6.45, 7) is 3.86. The Bertz CT molecular complexity index is 892. The zero-order valence-electron chi connectivity index (χ0n) is 15.7. The van der Waals surface area contributed by atoms with Crippen LogP contribution < -0.4 is 5.32 Å². The molecule has 0 aliphatic carbocycles. The second-order valence-corrected chi connectivity index (χ2v) is 6.87. The molecule has 8 heteroatoms. The van der Waals surface area contributed by atoms with Gasteiger partial charge in [-0.25, -0.2) is 15.0 Å². The molecule has 3 aromatic heterocycles. The van der Waals surface area contributed by atoms with Gasteiger partial charge in [-0.2, -0.15) is 5.10 Å². The minimum absolute atomic E-state index is 0.276. The standard InChI is InChI=1S/C19H24N8/c1-14-23-16(11-18(24-14)25-19-12-20-8-9-21-19)17-5-3-4-10-27(17)13-15-6-7-22-26(15)2/h6-9,11-12,17H,3-5,10,13H2,1-2H3,(H,21,23,24,25)/t17-/m0/s1. The fraction of sp³-hybridized carbons (Fsp3) is 0.421. The number of hydrogen-bond donors (Lipinski definition) is 1. The molecule has 0 unspecified atom stereocenters. The van der Waals surface area contributed by atoms with Crippen molar-refractivity contribution in [2.45, 2.75) is 38.8 Å². The number of anilines is 2. The van der Waals surface area contributed by atoms with Crippen molar-refractivity contribution in [2.75, 3.05) is 11.9 Å². The molecule has 1 aliphatic heterocycles. The number of aryl methyl sites for hydroxylation is 2. The lowest BCUT2D eigenvalue weighted by Gasteiger charge is -2.35. The highest BCUT2D eigenvalue weighted by atomic mass is 15.3. The average molecular weight is 364 g/mol. The zero-order chi connectivity index (χ0) is 18.6. The molecule has 0 spiro atoms. The maximum atomic E-state index is 4.75. The fourth-order valence-corrected chi connectivity index (χ4v) is 3.60. The van der Waals surface area contributed by atoms with Crippen LogP contribution in [0.15, 0.2) is 36.9 Å². The van der Waals surface area contributed by atoms with Crippen LogP contribution in [0.5, 0.6) is 0 Å². The second-order valence-electron chi connectivity index (χ2n) is 6.87. The van der Waals surface area contributed by atoms with Crippen molar-refractivity contribution in [1.29, 1.82) is 0 Å². The minimum atomic E-state index is 0.276. The molecule has 1 atom stereocenters. The van der Waals surface area contributed by atoms with E-state index in [2.05, 4.69) is 36.3 Å². The van der Waals surface area contributed by atoms with Gasteiger partial charge >= 0.3 is 0 Å². The van der Waals surface area contributed by atoms with E-state index in [1.165, 1.54) is 18.5 Å². The monoisotopic (exact) mass is 364 g/mol. The Morgan fingerprint density at radius 1 is 1.15 bits per heavy atom. The first-order chi connectivity index (χ1) is 13.2. The molecular formula is C19H24N8. The Kier molecular flexibility index (Phi) is 5.06. The average Bonchev–Trinajstić information content (AvgIpc) is 3.07. The number of aromatic nitrogens is 6. The Labute approximate surface area is 158 Å². The van der Waals surface area contributed by atoms with Gasteiger partial charge in [0.25, 0.3) is 0 Å². The highest BCUT2D eigenvalue weighted by molar-refractivity contribution is 5.50. The Morgan fingerprint density at radius 2 is 2.07 bits per heavy atom. The van der Waals surface area contributed by atoms with E-state index in [9.17, 15) is 0 Å². The summed E-state index contributed by atoms with van der Waals surface area (Å²) in [5, 5.41) is 7.53. The topological polar surface area (TPSA) is 84.7 Å². The first-order valence-corrected chi connectivity index (χ1v) is 9.28. The summed E-state index contributed by atoms with van der Waals surface area (Å²) in [4.78, 5) is 20.1. The van der Waals surface area contributed by atoms with Gasteiger partial charge in [-0.1, -0.05) is 6.42 Å². The summed E-state index contributed by atoms with van der Waals surface area (Å²) in [6, 6.07) is 4.39. The van der Waals surface area contributed by atoms with Gasteiger partial charge in [0.1, 0.15) is 17.5 Å². The van der Waals surface area contributed by atoms with E-state index in [4.69, 9.17) is 4.98 Å². The third kappa shape index (κ3) is 4.11. The number of nitrogens with zero attached hydrogens (tertiary/aromatic N) is 7. The van der Waals surface area contributed by atoms with Gasteiger partial charge in [0.2, 0.25) is 0 Å². The lowest BCUT2D eigenvalue weighted by molar-refractivity contribution is 0.133. The normalized spacial score (nSPS) is 17.8. The number of likely N-dealkylation sites (tertiary alicyclic amines) is 1. The molecule has 1 fully saturated rings. The van der Waals surface area contributed by atoms with Crippen molar-refractivity contribution < 1.29 is 0 Å². The van der Waals surface area contributed by atoms with Crippen LogP contribution >= 0.6 is 0 Å². The quantitative estimate of drug-likeness (QED) is 0.745. The lowest BCUT2D eigenvalue weighted by atomic mass is 9.98. The van der Waals surface area contributed by atoms with Crippen molar-refractivity contribution in [3.05, 3.63) is 54.1 Å². The molecule has 0 bridgehead atoms. The second kappa shape index (κ2) is 7.79. The highest BCUT2D eigenvalue weighted by Crippen LogP contribution is 2.32. The van der Waals surface area contributed by atoms with Gasteiger partial charge in [0.05, 0.1) is 23.6 Å². The SMILES string of the molecule is Cc1nc(Nc2cnccn2)cc([C@@H]2CCCCN2Cc2ccnn2C)n1. The molecule has 4 heterocycles. The van der Waals surface area contributed by atoms with Gasteiger partial charge in [-0.3, -0.25) is 14.6 Å². The molecule has 1 saturated heterocycles. The van der Waals surface area contributed by atoms with Crippen LogP contribution in [0.4, 0.5) is 11.6 Å². The van der Waals surface area contributed by atoms with Gasteiger partial charge in [-0.15, -0.1) is 0 Å². The van der Waals surface area contributed by atoms with E-state index in [-0.39, 0.29) is 6.04 Å². The van der Waals surface area contributed by atoms with Crippen LogP contribution in [0, 0.1) is 6.92 Å². The van der Waals surface area contributed by atoms with Gasteiger partial charge in [0, 0.05) is 38.2 Å². The van der Waals surface area contributed by atoms with E-state index in [1.54, 1.807) is 18.6 Å². The molecule has 140 valence electrons. The van der Waals surface area contributed by atoms with Crippen LogP contribution in [-0.4, -0.2) is 41.2 Å². The third-order valence-electron chi connectivity index (χ3n) is 4.92. The molecule has 27 heavy (non-hydrogen) atoms. The minimum Gasteiger partial charge on any atom is -0.324 e. The van der Waals surface area contributed by atoms with E-state index < -0.39 is 0 Å². The summed E-state index contributed by atoms with van der Waals surface area (Å²) in [7, 11) is 1.99. The van der Waals surface area contributed by atoms with Crippen molar-refractivity contribution >= 4 is 11.6 Å². The molecule has 0 saturated carbocycles. The van der Waals surface area contributed by atoms with Crippen molar-refractivity contribution in [3.8, 4) is 0 Å². The Hall–Kier alpha value is -2.87. The number of piperidine rings is 1. The maximum absolute atomic E-state index is 4.75. The largest absolute Gasteiger partial charge is 0.324 e. The van der Waals surface area contributed by atoms with Crippen molar-refractivity contribution in [2.24, 2.45) is 7.05 Å². The summed E-state index contributed by atoms with van der Waals surface area (Å²) < 4.78 is 1.94. The van der Waals surface area contributed by atoms with E-state index in [0.717, 1.165) is 36.8 Å². The number of rotatable bonds is 5. The molecule has 0 radical (unpaired) electrons. The van der Waals surface area contributed by atoms with E-state index in [1.807, 2.05) is 30.9 Å². The molecular weight excluding hydrogens is 340 g/mol. The predicted molar refractivity (Wildman–Crippen MR) is 102 cm³/mol. The summed E-state index contributed by atoms with van der Waals surface area (Å²) in [6.07, 6.45) is 10.4. The lowest BCUT2D eigenvalue weighted by Crippen LogP contribution is -2.34. The Balaban J connectivity index is 1.59. The Morgan fingerprint density at radius 3 is 2.85 bits per heavy atom. The molecule has 4 rings (SSSR count). The van der Waals surface area contributed by atoms with Crippen molar-refractivity contribution in [1.82, 2.24) is 34.6 Å². The number of nitrogens with one attached hydrogen (secondary N) is 1. The number of hydrogen-bond acceptors (Lipinski definition) is 7. The van der Waals surface area contributed by atoms with Crippen LogP contribution in [-0.2, 0) is 13.6 Å². The highest BCUT2D eigenvalue weighted by Gasteiger charge is 2.26. The summed E-state index contributed by atoms with van der Waals surface area (Å²) in [5.41, 5.74) is 2.27. The molecule has 1 aliphatic rings. The summed E-state index contributed by atoms with van der Waals surface area (Å²) in [5.74, 6) is 2.19. The van der Waals surface area contributed by atoms with E-state index >= 15 is 0 Å². The van der Waals surface area contributed by atoms with Crippen LogP contribution in [0.3, 0.4) is 0 Å². The maximum Gasteiger partial charge on any atom is 0.150 e. The molecule has 3 aromatic rings. The first kappa shape index (κ1) is 17.5. The van der Waals surface area contributed by atoms with Gasteiger partial charge < -0.3 is 5.32 Å². The van der Waals surface area contributed by atoms with Crippen LogP contribution in [0.1, 0.15) is 42.5 Å². The molecule has 1 N–H and O–H groups in total. The smallest absolute Gasteiger partial charge is 0.150 e. The molecule has 0 aromatic carbocycles. The zero-order valence-corrected chi connectivity index (χ0v) is 15.7. The van der Waals surface area contributed by atoms with Crippen LogP contribution in [0.25, 0.3) is 0 Å². The first-order valence-electron chi connectivity index (χ1n) is 9.28. The van der Waals surface area contributed by atoms with Gasteiger partial charge in [-0.05, 0) is 32.4 Å². The molecule has 0 amide bonds. The van der Waals surface area contributed by atoms with Gasteiger partial charge in [0.15, 0.2) is 0 Å². The van der Waals surface area contributed by atoms with E-state index in [0.29, 0.717) is 5.82 Å². The predicted octanol–water partition coefficient (Wildman–Crippen LogP) is 2.78.